The summed E-state index contributed by atoms with van der Waals surface area (Å²) in [7, 11) is 0. The molecule has 1 fully saturated rings. The van der Waals surface area contributed by atoms with Gasteiger partial charge in [0.1, 0.15) is 0 Å². The summed E-state index contributed by atoms with van der Waals surface area (Å²) in [5.41, 5.74) is 0.843. The van der Waals surface area contributed by atoms with Crippen LogP contribution in [0.5, 0.6) is 0 Å². The number of benzene rings is 1. The molecule has 4 heteroatoms. The summed E-state index contributed by atoms with van der Waals surface area (Å²) >= 11 is 3.39. The molecule has 0 atom stereocenters. The van der Waals surface area contributed by atoms with Crippen LogP contribution in [0.4, 0.5) is 5.69 Å². The third-order valence-electron chi connectivity index (χ3n) is 3.18. The molecule has 1 aromatic carbocycles. The third-order valence-corrected chi connectivity index (χ3v) is 3.67. The second-order valence-electron chi connectivity index (χ2n) is 4.68. The van der Waals surface area contributed by atoms with Gasteiger partial charge in [-0.25, -0.2) is 0 Å². The average molecular weight is 312 g/mol. The van der Waals surface area contributed by atoms with E-state index >= 15 is 0 Å². The van der Waals surface area contributed by atoms with Gasteiger partial charge < -0.3 is 10.1 Å². The molecule has 1 saturated carbocycles. The molecule has 3 nitrogen and oxygen atoms in total. The highest BCUT2D eigenvalue weighted by Gasteiger charge is 2.30. The summed E-state index contributed by atoms with van der Waals surface area (Å²) < 4.78 is 6.46. The third kappa shape index (κ3) is 3.82. The van der Waals surface area contributed by atoms with Crippen LogP contribution in [0.1, 0.15) is 26.2 Å². The summed E-state index contributed by atoms with van der Waals surface area (Å²) in [5.74, 6) is 0.571. The molecule has 0 radical (unpaired) electrons. The molecule has 98 valence electrons. The van der Waals surface area contributed by atoms with Crippen molar-refractivity contribution in [3.05, 3.63) is 28.7 Å². The van der Waals surface area contributed by atoms with Gasteiger partial charge in [-0.05, 0) is 43.9 Å². The van der Waals surface area contributed by atoms with Crippen molar-refractivity contribution in [3.8, 4) is 0 Å². The molecule has 0 bridgehead atoms. The normalized spacial score (nSPS) is 22.3. The van der Waals surface area contributed by atoms with Gasteiger partial charge in [0.05, 0.1) is 6.10 Å². The van der Waals surface area contributed by atoms with Gasteiger partial charge in [0.2, 0.25) is 5.91 Å². The fourth-order valence-electron chi connectivity index (χ4n) is 2.25. The number of ether oxygens (including phenoxy) is 1. The van der Waals surface area contributed by atoms with E-state index in [-0.39, 0.29) is 5.91 Å². The van der Waals surface area contributed by atoms with Gasteiger partial charge in [0.25, 0.3) is 0 Å². The van der Waals surface area contributed by atoms with Gasteiger partial charge in [-0.1, -0.05) is 22.0 Å². The Balaban J connectivity index is 1.73. The molecule has 0 unspecified atom stereocenters. The minimum atomic E-state index is 0.0908. The predicted octanol–water partition coefficient (Wildman–Crippen LogP) is 3.59. The summed E-state index contributed by atoms with van der Waals surface area (Å²) in [5, 5.41) is 2.92. The first-order chi connectivity index (χ1) is 8.67. The number of carbonyl (C=O) groups is 1. The van der Waals surface area contributed by atoms with Crippen molar-refractivity contribution in [2.24, 2.45) is 5.92 Å². The predicted molar refractivity (Wildman–Crippen MR) is 75.5 cm³/mol. The van der Waals surface area contributed by atoms with Gasteiger partial charge in [-0.3, -0.25) is 4.79 Å². The van der Waals surface area contributed by atoms with Gasteiger partial charge >= 0.3 is 0 Å². The molecule has 0 saturated heterocycles. The van der Waals surface area contributed by atoms with Crippen LogP contribution in [-0.2, 0) is 9.53 Å². The van der Waals surface area contributed by atoms with E-state index in [0.717, 1.165) is 29.6 Å². The van der Waals surface area contributed by atoms with E-state index in [1.54, 1.807) is 0 Å². The second-order valence-corrected chi connectivity index (χ2v) is 5.59. The molecule has 1 amide bonds. The van der Waals surface area contributed by atoms with Crippen LogP contribution in [0.25, 0.3) is 0 Å². The lowest BCUT2D eigenvalue weighted by molar-refractivity contribution is -0.119. The van der Waals surface area contributed by atoms with Crippen LogP contribution in [0.2, 0.25) is 0 Å². The topological polar surface area (TPSA) is 38.3 Å². The fraction of sp³-hybridized carbons (Fsp3) is 0.500. The van der Waals surface area contributed by atoms with E-state index < -0.39 is 0 Å². The highest BCUT2D eigenvalue weighted by Crippen LogP contribution is 2.32. The Morgan fingerprint density at radius 1 is 1.50 bits per heavy atom. The number of rotatable bonds is 5. The summed E-state index contributed by atoms with van der Waals surface area (Å²) in [6, 6.07) is 7.65. The SMILES string of the molecule is CCOC1CC(CC(=O)Nc2cccc(Br)c2)C1. The number of hydrogen-bond acceptors (Lipinski definition) is 2. The molecule has 2 rings (SSSR count). The van der Waals surface area contributed by atoms with E-state index in [2.05, 4.69) is 21.2 Å². The van der Waals surface area contributed by atoms with E-state index in [0.29, 0.717) is 18.4 Å². The molecule has 0 aromatic heterocycles. The van der Waals surface area contributed by atoms with E-state index in [9.17, 15) is 4.79 Å². The summed E-state index contributed by atoms with van der Waals surface area (Å²) in [6.07, 6.45) is 2.99. The van der Waals surface area contributed by atoms with Crippen molar-refractivity contribution in [2.75, 3.05) is 11.9 Å². The Hall–Kier alpha value is -0.870. The van der Waals surface area contributed by atoms with Crippen LogP contribution in [-0.4, -0.2) is 18.6 Å². The van der Waals surface area contributed by atoms with Crippen LogP contribution < -0.4 is 5.32 Å². The first-order valence-corrected chi connectivity index (χ1v) is 7.13. The molecule has 1 aliphatic carbocycles. The average Bonchev–Trinajstić information content (AvgIpc) is 2.26. The maximum absolute atomic E-state index is 11.8. The minimum Gasteiger partial charge on any atom is -0.378 e. The molecule has 0 spiro atoms. The zero-order valence-electron chi connectivity index (χ0n) is 10.5. The van der Waals surface area contributed by atoms with Crippen LogP contribution in [0.3, 0.4) is 0 Å². The summed E-state index contributed by atoms with van der Waals surface area (Å²) in [4.78, 5) is 11.8. The quantitative estimate of drug-likeness (QED) is 0.902. The van der Waals surface area contributed by atoms with E-state index in [4.69, 9.17) is 4.74 Å². The minimum absolute atomic E-state index is 0.0908. The number of amides is 1. The Labute approximate surface area is 116 Å². The lowest BCUT2D eigenvalue weighted by atomic mass is 9.80. The molecule has 18 heavy (non-hydrogen) atoms. The number of carbonyl (C=O) groups excluding carboxylic acids is 1. The summed E-state index contributed by atoms with van der Waals surface area (Å²) in [6.45, 7) is 2.77. The molecule has 1 aliphatic rings. The Kier molecular flexibility index (Phi) is 4.78. The number of halogens is 1. The largest absolute Gasteiger partial charge is 0.378 e. The van der Waals surface area contributed by atoms with Gasteiger partial charge in [-0.15, -0.1) is 0 Å². The zero-order chi connectivity index (χ0) is 13.0. The molecule has 0 heterocycles. The molecular formula is C14H18BrNO2. The first kappa shape index (κ1) is 13.6. The van der Waals surface area contributed by atoms with Crippen molar-refractivity contribution in [1.29, 1.82) is 0 Å². The van der Waals surface area contributed by atoms with Crippen molar-refractivity contribution in [2.45, 2.75) is 32.3 Å². The highest BCUT2D eigenvalue weighted by molar-refractivity contribution is 9.10. The van der Waals surface area contributed by atoms with Crippen LogP contribution in [0.15, 0.2) is 28.7 Å². The lowest BCUT2D eigenvalue weighted by Crippen LogP contribution is -2.33. The monoisotopic (exact) mass is 311 g/mol. The zero-order valence-corrected chi connectivity index (χ0v) is 12.1. The fourth-order valence-corrected chi connectivity index (χ4v) is 2.65. The van der Waals surface area contributed by atoms with E-state index in [1.165, 1.54) is 0 Å². The number of anilines is 1. The Morgan fingerprint density at radius 2 is 2.28 bits per heavy atom. The van der Waals surface area contributed by atoms with Gasteiger partial charge in [0.15, 0.2) is 0 Å². The van der Waals surface area contributed by atoms with Crippen molar-refractivity contribution < 1.29 is 9.53 Å². The van der Waals surface area contributed by atoms with Gasteiger partial charge in [0, 0.05) is 23.2 Å². The highest BCUT2D eigenvalue weighted by atomic mass is 79.9. The van der Waals surface area contributed by atoms with Gasteiger partial charge in [-0.2, -0.15) is 0 Å². The van der Waals surface area contributed by atoms with Crippen LogP contribution >= 0.6 is 15.9 Å². The molecule has 0 aliphatic heterocycles. The lowest BCUT2D eigenvalue weighted by Gasteiger charge is -2.34. The molecule has 1 aromatic rings. The second kappa shape index (κ2) is 6.34. The van der Waals surface area contributed by atoms with E-state index in [1.807, 2.05) is 31.2 Å². The standard InChI is InChI=1S/C14H18BrNO2/c1-2-18-13-6-10(7-13)8-14(17)16-12-5-3-4-11(15)9-12/h3-5,9-10,13H,2,6-8H2,1H3,(H,16,17). The smallest absolute Gasteiger partial charge is 0.224 e. The number of nitrogens with one attached hydrogen (secondary N) is 1. The first-order valence-electron chi connectivity index (χ1n) is 6.34. The van der Waals surface area contributed by atoms with Crippen molar-refractivity contribution in [3.63, 3.8) is 0 Å². The van der Waals surface area contributed by atoms with Crippen LogP contribution in [0, 0.1) is 5.92 Å². The number of hydrogen-bond donors (Lipinski definition) is 1. The Bertz CT molecular complexity index is 416. The maximum Gasteiger partial charge on any atom is 0.224 e. The maximum atomic E-state index is 11.8. The van der Waals surface area contributed by atoms with Crippen molar-refractivity contribution >= 4 is 27.5 Å². The molecular weight excluding hydrogens is 294 g/mol. The van der Waals surface area contributed by atoms with Crippen molar-refractivity contribution in [1.82, 2.24) is 0 Å². The molecule has 1 N–H and O–H groups in total. The Morgan fingerprint density at radius 3 is 2.94 bits per heavy atom.